The Hall–Kier alpha value is -1.92. The normalized spacial score (nSPS) is 17.5. The molecule has 1 N–H and O–H groups in total. The number of amides is 1. The van der Waals surface area contributed by atoms with Crippen LogP contribution in [0.1, 0.15) is 16.9 Å². The van der Waals surface area contributed by atoms with Crippen molar-refractivity contribution < 1.29 is 9.53 Å². The minimum absolute atomic E-state index is 0.0413. The number of likely N-dealkylation sites (tertiary alicyclic amines) is 1. The van der Waals surface area contributed by atoms with Gasteiger partial charge in [0.05, 0.1) is 7.11 Å². The van der Waals surface area contributed by atoms with Gasteiger partial charge in [-0.2, -0.15) is 0 Å². The van der Waals surface area contributed by atoms with Crippen LogP contribution in [0.5, 0.6) is 5.75 Å². The number of rotatable bonds is 5. The SMILES string of the molecule is CNCC1CCN(C(=O)c2csc(-c3ccc(OC)cc3)n2)C1. The van der Waals surface area contributed by atoms with Crippen LogP contribution >= 0.6 is 11.3 Å². The van der Waals surface area contributed by atoms with Crippen molar-refractivity contribution in [1.29, 1.82) is 0 Å². The summed E-state index contributed by atoms with van der Waals surface area (Å²) in [5, 5.41) is 5.90. The smallest absolute Gasteiger partial charge is 0.273 e. The monoisotopic (exact) mass is 331 g/mol. The van der Waals surface area contributed by atoms with Crippen molar-refractivity contribution in [2.45, 2.75) is 6.42 Å². The van der Waals surface area contributed by atoms with Crippen molar-refractivity contribution in [3.63, 3.8) is 0 Å². The molecule has 23 heavy (non-hydrogen) atoms. The maximum absolute atomic E-state index is 12.6. The number of thiazole rings is 1. The van der Waals surface area contributed by atoms with Gasteiger partial charge >= 0.3 is 0 Å². The molecule has 1 unspecified atom stereocenters. The quantitative estimate of drug-likeness (QED) is 0.915. The van der Waals surface area contributed by atoms with E-state index in [9.17, 15) is 4.79 Å². The fourth-order valence-corrected chi connectivity index (χ4v) is 3.67. The van der Waals surface area contributed by atoms with Crippen LogP contribution in [0, 0.1) is 5.92 Å². The lowest BCUT2D eigenvalue weighted by Crippen LogP contribution is -2.30. The van der Waals surface area contributed by atoms with Gasteiger partial charge in [0.15, 0.2) is 0 Å². The summed E-state index contributed by atoms with van der Waals surface area (Å²) in [6.07, 6.45) is 1.06. The van der Waals surface area contributed by atoms with E-state index in [0.717, 1.165) is 42.4 Å². The Morgan fingerprint density at radius 2 is 2.22 bits per heavy atom. The van der Waals surface area contributed by atoms with Gasteiger partial charge in [0.25, 0.3) is 5.91 Å². The van der Waals surface area contributed by atoms with E-state index >= 15 is 0 Å². The summed E-state index contributed by atoms with van der Waals surface area (Å²) in [5.41, 5.74) is 1.55. The highest BCUT2D eigenvalue weighted by Crippen LogP contribution is 2.27. The summed E-state index contributed by atoms with van der Waals surface area (Å²) in [7, 11) is 3.60. The summed E-state index contributed by atoms with van der Waals surface area (Å²) in [6.45, 7) is 2.59. The highest BCUT2D eigenvalue weighted by atomic mass is 32.1. The third-order valence-electron chi connectivity index (χ3n) is 4.13. The van der Waals surface area contributed by atoms with E-state index < -0.39 is 0 Å². The van der Waals surface area contributed by atoms with E-state index in [-0.39, 0.29) is 5.91 Å². The predicted octanol–water partition coefficient (Wildman–Crippen LogP) is 2.50. The molecule has 2 aromatic rings. The van der Waals surface area contributed by atoms with Gasteiger partial charge in [-0.05, 0) is 50.2 Å². The fourth-order valence-electron chi connectivity index (χ4n) is 2.87. The molecule has 1 aliphatic rings. The standard InChI is InChI=1S/C17H21N3O2S/c1-18-9-12-7-8-20(10-12)17(21)15-11-23-16(19-15)13-3-5-14(22-2)6-4-13/h3-6,11-12,18H,7-10H2,1-2H3. The molecule has 3 rings (SSSR count). The van der Waals surface area contributed by atoms with Crippen LogP contribution in [-0.4, -0.2) is 49.6 Å². The van der Waals surface area contributed by atoms with Crippen LogP contribution < -0.4 is 10.1 Å². The van der Waals surface area contributed by atoms with Crippen molar-refractivity contribution >= 4 is 17.2 Å². The third kappa shape index (κ3) is 3.54. The molecular weight excluding hydrogens is 310 g/mol. The number of ether oxygens (including phenoxy) is 1. The number of hydrogen-bond acceptors (Lipinski definition) is 5. The van der Waals surface area contributed by atoms with Crippen LogP contribution in [0.2, 0.25) is 0 Å². The van der Waals surface area contributed by atoms with Gasteiger partial charge in [0, 0.05) is 24.0 Å². The molecule has 1 aromatic carbocycles. The van der Waals surface area contributed by atoms with Crippen LogP contribution in [0.3, 0.4) is 0 Å². The van der Waals surface area contributed by atoms with Crippen molar-refractivity contribution in [1.82, 2.24) is 15.2 Å². The molecular formula is C17H21N3O2S. The zero-order chi connectivity index (χ0) is 16.2. The molecule has 1 atom stereocenters. The number of benzene rings is 1. The highest BCUT2D eigenvalue weighted by Gasteiger charge is 2.27. The Morgan fingerprint density at radius 3 is 2.91 bits per heavy atom. The Bertz CT molecular complexity index is 669. The van der Waals surface area contributed by atoms with Crippen molar-refractivity contribution in [2.24, 2.45) is 5.92 Å². The summed E-state index contributed by atoms with van der Waals surface area (Å²) in [5.74, 6) is 1.40. The fraction of sp³-hybridized carbons (Fsp3) is 0.412. The molecule has 0 spiro atoms. The van der Waals surface area contributed by atoms with E-state index in [1.807, 2.05) is 41.6 Å². The van der Waals surface area contributed by atoms with E-state index in [0.29, 0.717) is 11.6 Å². The molecule has 1 fully saturated rings. The summed E-state index contributed by atoms with van der Waals surface area (Å²) in [6, 6.07) is 7.73. The van der Waals surface area contributed by atoms with E-state index in [2.05, 4.69) is 10.3 Å². The average Bonchev–Trinajstić information content (AvgIpc) is 3.24. The number of nitrogens with one attached hydrogen (secondary N) is 1. The lowest BCUT2D eigenvalue weighted by Gasteiger charge is -2.15. The maximum Gasteiger partial charge on any atom is 0.273 e. The molecule has 1 amide bonds. The Morgan fingerprint density at radius 1 is 1.43 bits per heavy atom. The minimum Gasteiger partial charge on any atom is -0.497 e. The zero-order valence-corrected chi connectivity index (χ0v) is 14.2. The second-order valence-electron chi connectivity index (χ2n) is 5.73. The summed E-state index contributed by atoms with van der Waals surface area (Å²) >= 11 is 1.50. The van der Waals surface area contributed by atoms with Gasteiger partial charge in [-0.1, -0.05) is 0 Å². The first-order chi connectivity index (χ1) is 11.2. The molecule has 6 heteroatoms. The molecule has 5 nitrogen and oxygen atoms in total. The molecule has 0 saturated carbocycles. The number of nitrogens with zero attached hydrogens (tertiary/aromatic N) is 2. The molecule has 122 valence electrons. The third-order valence-corrected chi connectivity index (χ3v) is 5.02. The largest absolute Gasteiger partial charge is 0.497 e. The van der Waals surface area contributed by atoms with Gasteiger partial charge in [-0.3, -0.25) is 4.79 Å². The Balaban J connectivity index is 1.70. The Labute approximate surface area is 140 Å². The first-order valence-corrected chi connectivity index (χ1v) is 8.63. The molecule has 1 aromatic heterocycles. The summed E-state index contributed by atoms with van der Waals surface area (Å²) in [4.78, 5) is 19.0. The molecule has 2 heterocycles. The second kappa shape index (κ2) is 7.10. The molecule has 1 aliphatic heterocycles. The highest BCUT2D eigenvalue weighted by molar-refractivity contribution is 7.13. The molecule has 1 saturated heterocycles. The molecule has 0 aliphatic carbocycles. The second-order valence-corrected chi connectivity index (χ2v) is 6.59. The molecule has 0 radical (unpaired) electrons. The summed E-state index contributed by atoms with van der Waals surface area (Å²) < 4.78 is 5.16. The van der Waals surface area contributed by atoms with Gasteiger partial charge in [0.1, 0.15) is 16.5 Å². The predicted molar refractivity (Wildman–Crippen MR) is 92.0 cm³/mol. The van der Waals surface area contributed by atoms with E-state index in [1.54, 1.807) is 7.11 Å². The number of carbonyl (C=O) groups excluding carboxylic acids is 1. The lowest BCUT2D eigenvalue weighted by atomic mass is 10.1. The minimum atomic E-state index is 0.0413. The van der Waals surface area contributed by atoms with E-state index in [1.165, 1.54) is 11.3 Å². The topological polar surface area (TPSA) is 54.5 Å². The van der Waals surface area contributed by atoms with Crippen molar-refractivity contribution in [3.05, 3.63) is 35.3 Å². The van der Waals surface area contributed by atoms with Crippen LogP contribution in [-0.2, 0) is 0 Å². The maximum atomic E-state index is 12.6. The zero-order valence-electron chi connectivity index (χ0n) is 13.4. The van der Waals surface area contributed by atoms with Gasteiger partial charge in [-0.15, -0.1) is 11.3 Å². The first kappa shape index (κ1) is 16.0. The number of aromatic nitrogens is 1. The number of methoxy groups -OCH3 is 1. The number of hydrogen-bond donors (Lipinski definition) is 1. The Kier molecular flexibility index (Phi) is 4.93. The number of carbonyl (C=O) groups is 1. The molecule has 0 bridgehead atoms. The average molecular weight is 331 g/mol. The first-order valence-electron chi connectivity index (χ1n) is 7.75. The van der Waals surface area contributed by atoms with Crippen molar-refractivity contribution in [2.75, 3.05) is 33.8 Å². The van der Waals surface area contributed by atoms with Crippen LogP contribution in [0.15, 0.2) is 29.6 Å². The van der Waals surface area contributed by atoms with Crippen molar-refractivity contribution in [3.8, 4) is 16.3 Å². The van der Waals surface area contributed by atoms with E-state index in [4.69, 9.17) is 4.74 Å². The van der Waals surface area contributed by atoms with Gasteiger partial charge < -0.3 is 15.0 Å². The van der Waals surface area contributed by atoms with Crippen LogP contribution in [0.4, 0.5) is 0 Å². The van der Waals surface area contributed by atoms with Crippen LogP contribution in [0.25, 0.3) is 10.6 Å². The van der Waals surface area contributed by atoms with Gasteiger partial charge in [0.2, 0.25) is 0 Å². The lowest BCUT2D eigenvalue weighted by molar-refractivity contribution is 0.0782. The van der Waals surface area contributed by atoms with Gasteiger partial charge in [-0.25, -0.2) is 4.98 Å².